The summed E-state index contributed by atoms with van der Waals surface area (Å²) >= 11 is 0. The van der Waals surface area contributed by atoms with Crippen LogP contribution >= 0.6 is 0 Å². The van der Waals surface area contributed by atoms with Crippen LogP contribution in [0, 0.1) is 0 Å². The Morgan fingerprint density at radius 1 is 0.438 bits per heavy atom. The van der Waals surface area contributed by atoms with Crippen LogP contribution in [-0.2, 0) is 13.0 Å². The summed E-state index contributed by atoms with van der Waals surface area (Å²) in [4.78, 5) is 17.5. The van der Waals surface area contributed by atoms with E-state index in [1.54, 1.807) is 12.1 Å². The highest BCUT2D eigenvalue weighted by molar-refractivity contribution is 5.86. The lowest BCUT2D eigenvalue weighted by molar-refractivity contribution is -0.697. The number of anilines is 4. The number of fused-ring (bicyclic) bond motifs is 2. The van der Waals surface area contributed by atoms with E-state index in [0.717, 1.165) is 46.4 Å². The molecule has 12 rings (SSSR count). The zero-order valence-corrected chi connectivity index (χ0v) is 67.3. The normalized spacial score (nSPS) is 12.2. The van der Waals surface area contributed by atoms with E-state index in [-0.39, 0.29) is 23.1 Å². The van der Waals surface area contributed by atoms with Crippen molar-refractivity contribution >= 4 is 40.1 Å². The van der Waals surface area contributed by atoms with Gasteiger partial charge < -0.3 is 32.9 Å². The molecule has 554 valence electrons. The van der Waals surface area contributed by atoms with Crippen molar-refractivity contribution in [3.05, 3.63) is 305 Å². The molecule has 3 heterocycles. The lowest BCUT2D eigenvalue weighted by atomic mass is 9.85. The van der Waals surface area contributed by atoms with Gasteiger partial charge in [0.15, 0.2) is 12.4 Å². The number of benzene rings is 9. The van der Waals surface area contributed by atoms with Crippen LogP contribution in [0.2, 0.25) is 0 Å². The summed E-state index contributed by atoms with van der Waals surface area (Å²) in [5.41, 5.74) is 28.5. The highest BCUT2D eigenvalue weighted by Gasteiger charge is 2.34. The number of rotatable bonds is 28. The number of nitrogens with zero attached hydrogens (tertiary/aromatic N) is 4. The number of aryl methyl sites for hydroxylation is 1. The minimum atomic E-state index is 0. The summed E-state index contributed by atoms with van der Waals surface area (Å²) in [5.74, 6) is 3.87. The number of para-hydroxylation sites is 7. The van der Waals surface area contributed by atoms with Crippen LogP contribution in [0.3, 0.4) is 0 Å². The highest BCUT2D eigenvalue weighted by atomic mass is 79.9. The average molecular weight is 1470 g/mol. The first-order chi connectivity index (χ1) is 50.5. The summed E-state index contributed by atoms with van der Waals surface area (Å²) in [6.45, 7) is 30.7. The zero-order chi connectivity index (χ0) is 74.2. The van der Waals surface area contributed by atoms with E-state index in [2.05, 4.69) is 316 Å². The summed E-state index contributed by atoms with van der Waals surface area (Å²) < 4.78 is 4.66. The summed E-state index contributed by atoms with van der Waals surface area (Å²) in [6.07, 6.45) is 26.3. The van der Waals surface area contributed by atoms with Gasteiger partial charge in [-0.2, -0.15) is 0 Å². The quantitative estimate of drug-likeness (QED) is 0.0221. The Morgan fingerprint density at radius 3 is 1.35 bits per heavy atom. The monoisotopic (exact) mass is 1470 g/mol. The third-order valence-corrected chi connectivity index (χ3v) is 20.0. The Kier molecular flexibility index (Phi) is 35.1. The summed E-state index contributed by atoms with van der Waals surface area (Å²) in [6, 6.07) is 82.1. The molecule has 1 aliphatic heterocycles. The van der Waals surface area contributed by atoms with E-state index in [9.17, 15) is 4.79 Å². The van der Waals surface area contributed by atoms with E-state index in [4.69, 9.17) is 10.7 Å². The molecule has 0 aliphatic carbocycles. The predicted molar refractivity (Wildman–Crippen MR) is 448 cm³/mol. The number of carbonyl (C=O) groups excluding carboxylic acids is 1. The average Bonchev–Trinajstić information content (AvgIpc) is 1.63. The van der Waals surface area contributed by atoms with Crippen molar-refractivity contribution in [2.75, 3.05) is 16.0 Å². The van der Waals surface area contributed by atoms with Gasteiger partial charge in [-0.3, -0.25) is 9.36 Å². The van der Waals surface area contributed by atoms with E-state index in [1.807, 2.05) is 30.3 Å². The van der Waals surface area contributed by atoms with E-state index < -0.39 is 0 Å². The van der Waals surface area contributed by atoms with Crippen LogP contribution in [0.4, 0.5) is 22.7 Å². The third-order valence-electron chi connectivity index (χ3n) is 20.0. The fourth-order valence-electron chi connectivity index (χ4n) is 14.3. The van der Waals surface area contributed by atoms with Crippen molar-refractivity contribution < 1.29 is 26.3 Å². The topological polar surface area (TPSA) is 80.1 Å². The molecule has 0 bridgehead atoms. The van der Waals surface area contributed by atoms with Crippen LogP contribution in [0.15, 0.2) is 249 Å². The molecule has 0 spiro atoms. The molecule has 3 N–H and O–H groups in total. The summed E-state index contributed by atoms with van der Waals surface area (Å²) in [7, 11) is 0. The van der Waals surface area contributed by atoms with Gasteiger partial charge in [0.1, 0.15) is 24.8 Å². The Morgan fingerprint density at radius 2 is 0.857 bits per heavy atom. The summed E-state index contributed by atoms with van der Waals surface area (Å²) in [5, 5.41) is 3.76. The van der Waals surface area contributed by atoms with E-state index in [1.165, 1.54) is 169 Å². The number of unbranched alkanes of at least 4 members (excludes halogenated alkanes) is 13. The number of nitrogen functional groups attached to an aromatic ring is 1. The molecule has 11 aromatic rings. The first-order valence-corrected chi connectivity index (χ1v) is 39.4. The van der Waals surface area contributed by atoms with Gasteiger partial charge in [-0.05, 0) is 122 Å². The number of hydrogen-bond acceptors (Lipinski definition) is 5. The molecular formula is C97H123BrN6O. The van der Waals surface area contributed by atoms with Gasteiger partial charge in [-0.15, -0.1) is 0 Å². The minimum absolute atomic E-state index is 0. The number of imidazole rings is 1. The molecule has 0 saturated heterocycles. The van der Waals surface area contributed by atoms with E-state index >= 15 is 0 Å². The Balaban J connectivity index is 0.000000189. The number of halogens is 1. The molecule has 2 aromatic heterocycles. The van der Waals surface area contributed by atoms with Gasteiger partial charge in [0.05, 0.1) is 33.8 Å². The predicted octanol–water partition coefficient (Wildman–Crippen LogP) is 24.2. The van der Waals surface area contributed by atoms with Gasteiger partial charge in [-0.25, -0.2) is 9.55 Å². The van der Waals surface area contributed by atoms with Gasteiger partial charge >= 0.3 is 0 Å². The van der Waals surface area contributed by atoms with Crippen molar-refractivity contribution in [3.8, 4) is 17.1 Å². The van der Waals surface area contributed by atoms with Gasteiger partial charge in [0, 0.05) is 41.8 Å². The lowest BCUT2D eigenvalue weighted by Crippen LogP contribution is -3.00. The highest BCUT2D eigenvalue weighted by Crippen LogP contribution is 2.50. The fraction of sp³-hybridized carbons (Fsp3) is 0.371. The largest absolute Gasteiger partial charge is 1.00 e. The number of aldehydes is 1. The van der Waals surface area contributed by atoms with Crippen molar-refractivity contribution in [2.45, 2.75) is 235 Å². The van der Waals surface area contributed by atoms with Crippen LogP contribution < -0.4 is 37.5 Å². The molecule has 0 amide bonds. The number of pyridine rings is 1. The second-order valence-electron chi connectivity index (χ2n) is 30.0. The van der Waals surface area contributed by atoms with Crippen molar-refractivity contribution in [2.24, 2.45) is 0 Å². The molecule has 0 radical (unpaired) electrons. The smallest absolute Gasteiger partial charge is 0.168 e. The van der Waals surface area contributed by atoms with Crippen molar-refractivity contribution in [1.82, 2.24) is 9.55 Å². The van der Waals surface area contributed by atoms with Gasteiger partial charge in [0.25, 0.3) is 0 Å². The Bertz CT molecular complexity index is 4190. The number of hydrogen-bond donors (Lipinski definition) is 2. The van der Waals surface area contributed by atoms with Crippen LogP contribution in [0.5, 0.6) is 0 Å². The molecule has 1 atom stereocenters. The van der Waals surface area contributed by atoms with Gasteiger partial charge in [-0.1, -0.05) is 361 Å². The Labute approximate surface area is 644 Å². The maximum Gasteiger partial charge on any atom is 0.168 e. The molecule has 105 heavy (non-hydrogen) atoms. The Hall–Kier alpha value is -8.85. The number of carbonyl (C=O) groups is 1. The molecule has 8 heteroatoms. The number of nitrogens with two attached hydrogens (primary N) is 1. The molecule has 0 saturated carbocycles. The maximum atomic E-state index is 10.0. The van der Waals surface area contributed by atoms with Gasteiger partial charge in [0.2, 0.25) is 0 Å². The van der Waals surface area contributed by atoms with Crippen LogP contribution in [0.25, 0.3) is 28.1 Å². The molecule has 1 aliphatic rings. The van der Waals surface area contributed by atoms with Crippen LogP contribution in [-0.4, -0.2) is 15.8 Å². The zero-order valence-electron chi connectivity index (χ0n) is 65.8. The first-order valence-electron chi connectivity index (χ1n) is 39.4. The van der Waals surface area contributed by atoms with Crippen molar-refractivity contribution in [3.63, 3.8) is 0 Å². The molecule has 9 aromatic carbocycles. The van der Waals surface area contributed by atoms with E-state index in [0.29, 0.717) is 35.5 Å². The minimum Gasteiger partial charge on any atom is -1.00 e. The lowest BCUT2D eigenvalue weighted by Gasteiger charge is -2.33. The standard InChI is InChI=1S/C25H28N2.C25H26N2.C21H38N.C19H25N.C7H6O.BrH/c2*1-17(2)20-13-10-14-21(18(3)4)24(20)27-23-16-9-8-15-22(23)26-25(27)19-11-6-5-7-12-19;1-2-3-4-5-6-7-8-9-10-11-12-13-14-16-19-22-20-17-15-18-21-22;1-13(2)16-9-7-10-17(14(3)4)18(16)12-15-8-5-6-11-19(15)20;8-6-7-4-2-1-3-5-7;/h5-18,25-26H,1-4H3;5-18H,1-4H3;15,17-18,20-21H,2-14,16,19H2,1H3;5-11,13-14H,12,20H2,1-4H3;1-6H;1H/q;;+1;;;/p-1. The molecule has 7 nitrogen and oxygen atoms in total. The number of aromatic nitrogens is 3. The molecule has 0 fully saturated rings. The van der Waals surface area contributed by atoms with Crippen LogP contribution in [0.1, 0.15) is 282 Å². The second-order valence-corrected chi connectivity index (χ2v) is 30.0. The number of nitrogens with one attached hydrogen (secondary N) is 1. The first kappa shape index (κ1) is 83.4. The molecule has 1 unspecified atom stereocenters. The van der Waals surface area contributed by atoms with Crippen molar-refractivity contribution in [1.29, 1.82) is 0 Å². The molecular weight excluding hydrogens is 1350 g/mol. The SMILES string of the molecule is CC(C)c1cccc(C(C)C)c1-n1c(-c2ccccc2)nc2ccccc21.CC(C)c1cccc(C(C)C)c1Cc1ccccc1N.CC(C)c1cccc(C(C)C)c1N1c2ccccc2NC1c1ccccc1.CCCCCCCCCCCCCCCC[n+]1ccccc1.O=Cc1ccccc1.[Br-]. The fourth-order valence-corrected chi connectivity index (χ4v) is 14.3. The third kappa shape index (κ3) is 24.3. The maximum absolute atomic E-state index is 10.0. The second kappa shape index (κ2) is 44.2.